The number of benzene rings is 2. The number of rotatable bonds is 22. The Morgan fingerprint density at radius 1 is 0.763 bits per heavy atom. The summed E-state index contributed by atoms with van der Waals surface area (Å²) < 4.78 is 32.3. The van der Waals surface area contributed by atoms with Crippen LogP contribution in [0.15, 0.2) is 48.5 Å². The number of hydrogen-bond donors (Lipinski definition) is 1. The van der Waals surface area contributed by atoms with Crippen molar-refractivity contribution in [1.29, 1.82) is 0 Å². The predicted octanol–water partition coefficient (Wildman–Crippen LogP) is 4.11. The van der Waals surface area contributed by atoms with Crippen LogP contribution in [0.2, 0.25) is 0 Å². The molecular weight excluding hydrogens is 496 g/mol. The molecule has 0 atom stereocenters. The summed E-state index contributed by atoms with van der Waals surface area (Å²) in [4.78, 5) is 22.2. The molecule has 2 rings (SSSR count). The summed E-state index contributed by atoms with van der Waals surface area (Å²) in [5, 5.41) is 13.9. The van der Waals surface area contributed by atoms with Crippen molar-refractivity contribution in [2.24, 2.45) is 0 Å². The topological polar surface area (TPSA) is 128 Å². The molecule has 0 radical (unpaired) electrons. The van der Waals surface area contributed by atoms with Gasteiger partial charge in [0.1, 0.15) is 19.0 Å². The Bertz CT molecular complexity index is 908. The Balaban J connectivity index is 1.33. The number of ether oxygens (including phenoxy) is 6. The van der Waals surface area contributed by atoms with Crippen molar-refractivity contribution >= 4 is 17.3 Å². The van der Waals surface area contributed by atoms with Crippen LogP contribution in [0.3, 0.4) is 0 Å². The minimum absolute atomic E-state index is 0.0219. The fourth-order valence-corrected chi connectivity index (χ4v) is 3.05. The van der Waals surface area contributed by atoms with Crippen LogP contribution in [-0.2, 0) is 23.7 Å². The van der Waals surface area contributed by atoms with E-state index in [4.69, 9.17) is 28.4 Å². The fourth-order valence-electron chi connectivity index (χ4n) is 3.05. The molecule has 0 saturated heterocycles. The van der Waals surface area contributed by atoms with Gasteiger partial charge in [0.25, 0.3) is 5.69 Å². The predicted molar refractivity (Wildman–Crippen MR) is 142 cm³/mol. The zero-order valence-corrected chi connectivity index (χ0v) is 21.9. The Hall–Kier alpha value is -3.25. The lowest BCUT2D eigenvalue weighted by Gasteiger charge is -2.09. The van der Waals surface area contributed by atoms with Gasteiger partial charge in [-0.1, -0.05) is 13.3 Å². The largest absolute Gasteiger partial charge is 0.491 e. The maximum atomic E-state index is 12.1. The van der Waals surface area contributed by atoms with Gasteiger partial charge in [0.15, 0.2) is 0 Å². The van der Waals surface area contributed by atoms with Crippen LogP contribution in [0.25, 0.3) is 0 Å². The molecule has 0 bridgehead atoms. The second-order valence-corrected chi connectivity index (χ2v) is 8.04. The van der Waals surface area contributed by atoms with Gasteiger partial charge in [0.05, 0.1) is 63.3 Å². The van der Waals surface area contributed by atoms with Crippen molar-refractivity contribution in [3.63, 3.8) is 0 Å². The number of carbonyl (C=O) groups excluding carboxylic acids is 1. The first-order chi connectivity index (χ1) is 18.6. The maximum absolute atomic E-state index is 12.1. The Morgan fingerprint density at radius 2 is 1.29 bits per heavy atom. The summed E-state index contributed by atoms with van der Waals surface area (Å²) >= 11 is 0. The summed E-state index contributed by atoms with van der Waals surface area (Å²) in [5.41, 5.74) is 1.52. The average Bonchev–Trinajstić information content (AvgIpc) is 2.93. The van der Waals surface area contributed by atoms with E-state index in [-0.39, 0.29) is 18.3 Å². The van der Waals surface area contributed by atoms with Gasteiger partial charge in [-0.05, 0) is 42.8 Å². The number of nitrogens with zero attached hydrogens (tertiary/aromatic N) is 1. The third kappa shape index (κ3) is 13.9. The van der Waals surface area contributed by atoms with Crippen molar-refractivity contribution in [3.8, 4) is 5.75 Å². The summed E-state index contributed by atoms with van der Waals surface area (Å²) in [5.74, 6) is 0.178. The molecular formula is C27H38N2O9. The van der Waals surface area contributed by atoms with Gasteiger partial charge < -0.3 is 33.7 Å². The highest BCUT2D eigenvalue weighted by Gasteiger charge is 2.07. The highest BCUT2D eigenvalue weighted by molar-refractivity contribution is 5.89. The van der Waals surface area contributed by atoms with E-state index in [9.17, 15) is 14.9 Å². The number of esters is 1. The third-order valence-electron chi connectivity index (χ3n) is 5.10. The molecule has 0 heterocycles. The van der Waals surface area contributed by atoms with Crippen molar-refractivity contribution in [2.45, 2.75) is 19.8 Å². The lowest BCUT2D eigenvalue weighted by molar-refractivity contribution is -0.384. The number of unbranched alkanes of at least 4 members (excludes halogenated alkanes) is 1. The number of nitrogens with one attached hydrogen (secondary N) is 1. The van der Waals surface area contributed by atoms with Gasteiger partial charge >= 0.3 is 5.97 Å². The molecule has 0 spiro atoms. The minimum Gasteiger partial charge on any atom is -0.491 e. The summed E-state index contributed by atoms with van der Waals surface area (Å²) in [6.07, 6.45) is 2.23. The SMILES string of the molecule is CCCCNc1ccc(C(=O)OCCOCCOCCOCCOCCOc2ccc([N+](=O)[O-])cc2)cc1. The highest BCUT2D eigenvalue weighted by Crippen LogP contribution is 2.17. The number of nitro groups is 1. The van der Waals surface area contributed by atoms with Crippen LogP contribution in [0.1, 0.15) is 30.1 Å². The molecule has 0 unspecified atom stereocenters. The van der Waals surface area contributed by atoms with E-state index < -0.39 is 4.92 Å². The lowest BCUT2D eigenvalue weighted by Crippen LogP contribution is -2.15. The molecule has 1 N–H and O–H groups in total. The average molecular weight is 535 g/mol. The van der Waals surface area contributed by atoms with Crippen LogP contribution in [0.5, 0.6) is 5.75 Å². The van der Waals surface area contributed by atoms with Gasteiger partial charge in [-0.2, -0.15) is 0 Å². The lowest BCUT2D eigenvalue weighted by atomic mass is 10.2. The van der Waals surface area contributed by atoms with Crippen molar-refractivity contribution in [3.05, 3.63) is 64.2 Å². The number of anilines is 1. The fraction of sp³-hybridized carbons (Fsp3) is 0.519. The van der Waals surface area contributed by atoms with Crippen LogP contribution in [-0.4, -0.2) is 83.5 Å². The third-order valence-corrected chi connectivity index (χ3v) is 5.10. The summed E-state index contributed by atoms with van der Waals surface area (Å²) in [7, 11) is 0. The van der Waals surface area contributed by atoms with Gasteiger partial charge in [0, 0.05) is 24.4 Å². The molecule has 0 aromatic heterocycles. The van der Waals surface area contributed by atoms with E-state index >= 15 is 0 Å². The van der Waals surface area contributed by atoms with E-state index in [1.807, 2.05) is 12.1 Å². The van der Waals surface area contributed by atoms with Gasteiger partial charge in [0.2, 0.25) is 0 Å². The van der Waals surface area contributed by atoms with Gasteiger partial charge in [-0.25, -0.2) is 4.79 Å². The molecule has 0 aliphatic heterocycles. The van der Waals surface area contributed by atoms with Crippen molar-refractivity contribution < 1.29 is 38.1 Å². The van der Waals surface area contributed by atoms with E-state index in [1.54, 1.807) is 24.3 Å². The maximum Gasteiger partial charge on any atom is 0.338 e. The molecule has 38 heavy (non-hydrogen) atoms. The molecule has 0 aliphatic carbocycles. The first kappa shape index (κ1) is 31.0. The van der Waals surface area contributed by atoms with Crippen LogP contribution >= 0.6 is 0 Å². The van der Waals surface area contributed by atoms with E-state index in [0.717, 1.165) is 25.1 Å². The summed E-state index contributed by atoms with van der Waals surface area (Å²) in [6, 6.07) is 13.1. The number of carbonyl (C=O) groups is 1. The molecule has 2 aromatic rings. The van der Waals surface area contributed by atoms with Gasteiger partial charge in [-0.15, -0.1) is 0 Å². The second-order valence-electron chi connectivity index (χ2n) is 8.04. The second kappa shape index (κ2) is 19.8. The number of nitro benzene ring substituents is 1. The van der Waals surface area contributed by atoms with Crippen LogP contribution in [0.4, 0.5) is 11.4 Å². The monoisotopic (exact) mass is 534 g/mol. The molecule has 2 aromatic carbocycles. The first-order valence-electron chi connectivity index (χ1n) is 12.8. The highest BCUT2D eigenvalue weighted by atomic mass is 16.6. The minimum atomic E-state index is -0.456. The number of hydrogen-bond acceptors (Lipinski definition) is 10. The molecule has 210 valence electrons. The number of non-ortho nitro benzene ring substituents is 1. The van der Waals surface area contributed by atoms with E-state index in [1.165, 1.54) is 12.1 Å². The van der Waals surface area contributed by atoms with E-state index in [2.05, 4.69) is 12.2 Å². The Morgan fingerprint density at radius 3 is 1.82 bits per heavy atom. The molecule has 11 nitrogen and oxygen atoms in total. The standard InChI is InChI=1S/C27H38N2O9/c1-2-3-12-28-24-6-4-23(5-7-24)27(30)38-22-20-36-18-16-34-14-13-33-15-17-35-19-21-37-26-10-8-25(9-11-26)29(31)32/h4-11,28H,2-3,12-22H2,1H3. The van der Waals surface area contributed by atoms with Crippen LogP contribution < -0.4 is 10.1 Å². The molecule has 11 heteroatoms. The van der Waals surface area contributed by atoms with E-state index in [0.29, 0.717) is 70.8 Å². The van der Waals surface area contributed by atoms with Crippen LogP contribution in [0, 0.1) is 10.1 Å². The molecule has 0 fully saturated rings. The van der Waals surface area contributed by atoms with Crippen molar-refractivity contribution in [2.75, 3.05) is 77.9 Å². The molecule has 0 saturated carbocycles. The Kier molecular flexibility index (Phi) is 16.1. The molecule has 0 aliphatic rings. The Labute approximate surface area is 223 Å². The summed E-state index contributed by atoms with van der Waals surface area (Å²) in [6.45, 7) is 6.79. The zero-order valence-electron chi connectivity index (χ0n) is 21.9. The van der Waals surface area contributed by atoms with Gasteiger partial charge in [-0.3, -0.25) is 10.1 Å². The smallest absolute Gasteiger partial charge is 0.338 e. The van der Waals surface area contributed by atoms with Crippen molar-refractivity contribution in [1.82, 2.24) is 0 Å². The normalized spacial score (nSPS) is 10.8. The zero-order chi connectivity index (χ0) is 27.3. The first-order valence-corrected chi connectivity index (χ1v) is 12.8. The quantitative estimate of drug-likeness (QED) is 0.102. The molecule has 0 amide bonds.